The average molecular weight is 268 g/mol. The lowest BCUT2D eigenvalue weighted by Crippen LogP contribution is -2.45. The van der Waals surface area contributed by atoms with Crippen molar-refractivity contribution in [2.75, 3.05) is 40.3 Å². The van der Waals surface area contributed by atoms with Crippen molar-refractivity contribution < 1.29 is 4.74 Å². The fourth-order valence-electron chi connectivity index (χ4n) is 3.42. The Kier molecular flexibility index (Phi) is 5.67. The number of hydrogen-bond donors (Lipinski definition) is 0. The summed E-state index contributed by atoms with van der Waals surface area (Å²) in [5.41, 5.74) is 0. The average Bonchev–Trinajstić information content (AvgIpc) is 2.33. The minimum atomic E-state index is 0.544. The third-order valence-corrected chi connectivity index (χ3v) is 5.08. The number of rotatable bonds is 6. The topological polar surface area (TPSA) is 15.7 Å². The van der Waals surface area contributed by atoms with E-state index in [4.69, 9.17) is 4.74 Å². The van der Waals surface area contributed by atoms with Gasteiger partial charge < -0.3 is 14.5 Å². The molecule has 3 heteroatoms. The van der Waals surface area contributed by atoms with Crippen molar-refractivity contribution in [2.24, 2.45) is 11.8 Å². The zero-order chi connectivity index (χ0) is 13.8. The molecule has 19 heavy (non-hydrogen) atoms. The molecule has 1 aliphatic carbocycles. The van der Waals surface area contributed by atoms with Gasteiger partial charge in [-0.3, -0.25) is 0 Å². The van der Waals surface area contributed by atoms with Gasteiger partial charge in [0.05, 0.1) is 6.10 Å². The summed E-state index contributed by atoms with van der Waals surface area (Å²) in [4.78, 5) is 5.18. The summed E-state index contributed by atoms with van der Waals surface area (Å²) < 4.78 is 5.40. The number of likely N-dealkylation sites (tertiary alicyclic amines) is 1. The van der Waals surface area contributed by atoms with E-state index in [1.54, 1.807) is 0 Å². The van der Waals surface area contributed by atoms with Crippen LogP contribution in [-0.4, -0.2) is 62.3 Å². The molecule has 0 N–H and O–H groups in total. The molecular formula is C16H32N2O. The molecule has 0 aromatic heterocycles. The van der Waals surface area contributed by atoms with Crippen LogP contribution in [0.15, 0.2) is 0 Å². The highest BCUT2D eigenvalue weighted by Crippen LogP contribution is 2.31. The SMILES string of the molecule is COC1CC(CN(CC2CCN(C)CC2)C(C)C)C1. The summed E-state index contributed by atoms with van der Waals surface area (Å²) in [5.74, 6) is 1.79. The van der Waals surface area contributed by atoms with Crippen LogP contribution >= 0.6 is 0 Å². The van der Waals surface area contributed by atoms with E-state index in [2.05, 4.69) is 30.7 Å². The molecule has 1 saturated carbocycles. The molecule has 0 unspecified atom stereocenters. The highest BCUT2D eigenvalue weighted by Gasteiger charge is 2.31. The zero-order valence-electron chi connectivity index (χ0n) is 13.3. The van der Waals surface area contributed by atoms with Crippen LogP contribution in [0.25, 0.3) is 0 Å². The van der Waals surface area contributed by atoms with Crippen LogP contribution in [0.2, 0.25) is 0 Å². The minimum Gasteiger partial charge on any atom is -0.381 e. The largest absolute Gasteiger partial charge is 0.381 e. The fraction of sp³-hybridized carbons (Fsp3) is 1.00. The number of methoxy groups -OCH3 is 1. The molecule has 3 nitrogen and oxygen atoms in total. The highest BCUT2D eigenvalue weighted by molar-refractivity contribution is 4.84. The third-order valence-electron chi connectivity index (χ3n) is 5.08. The molecule has 112 valence electrons. The first-order chi connectivity index (χ1) is 9.08. The quantitative estimate of drug-likeness (QED) is 0.736. The lowest BCUT2D eigenvalue weighted by molar-refractivity contribution is -0.0171. The maximum absolute atomic E-state index is 5.40. The van der Waals surface area contributed by atoms with Crippen molar-refractivity contribution in [3.63, 3.8) is 0 Å². The molecule has 0 aromatic carbocycles. The Morgan fingerprint density at radius 2 is 1.68 bits per heavy atom. The van der Waals surface area contributed by atoms with E-state index in [9.17, 15) is 0 Å². The summed E-state index contributed by atoms with van der Waals surface area (Å²) in [7, 11) is 4.09. The molecule has 1 aliphatic heterocycles. The second-order valence-corrected chi connectivity index (χ2v) is 6.99. The van der Waals surface area contributed by atoms with Gasteiger partial charge in [-0.05, 0) is 71.5 Å². The van der Waals surface area contributed by atoms with Crippen LogP contribution in [-0.2, 0) is 4.74 Å². The van der Waals surface area contributed by atoms with Crippen LogP contribution in [0.1, 0.15) is 39.5 Å². The minimum absolute atomic E-state index is 0.544. The van der Waals surface area contributed by atoms with Crippen molar-refractivity contribution in [1.29, 1.82) is 0 Å². The number of nitrogens with zero attached hydrogens (tertiary/aromatic N) is 2. The lowest BCUT2D eigenvalue weighted by Gasteiger charge is -2.41. The fourth-order valence-corrected chi connectivity index (χ4v) is 3.42. The molecule has 2 fully saturated rings. The van der Waals surface area contributed by atoms with Gasteiger partial charge in [0.15, 0.2) is 0 Å². The number of ether oxygens (including phenoxy) is 1. The first-order valence-corrected chi connectivity index (χ1v) is 8.03. The standard InChI is InChI=1S/C16H32N2O/c1-13(2)18(12-15-9-16(10-15)19-4)11-14-5-7-17(3)8-6-14/h13-16H,5-12H2,1-4H3. The lowest BCUT2D eigenvalue weighted by atomic mass is 9.81. The van der Waals surface area contributed by atoms with Crippen LogP contribution in [0.4, 0.5) is 0 Å². The summed E-state index contributed by atoms with van der Waals surface area (Å²) in [6.45, 7) is 9.85. The summed E-state index contributed by atoms with van der Waals surface area (Å²) >= 11 is 0. The predicted octanol–water partition coefficient (Wildman–Crippen LogP) is 2.46. The summed E-state index contributed by atoms with van der Waals surface area (Å²) in [5, 5.41) is 0. The van der Waals surface area contributed by atoms with Gasteiger partial charge in [0.1, 0.15) is 0 Å². The van der Waals surface area contributed by atoms with E-state index in [-0.39, 0.29) is 0 Å². The number of hydrogen-bond acceptors (Lipinski definition) is 3. The van der Waals surface area contributed by atoms with Crippen LogP contribution in [0, 0.1) is 11.8 Å². The van der Waals surface area contributed by atoms with Gasteiger partial charge in [-0.2, -0.15) is 0 Å². The first kappa shape index (κ1) is 15.3. The molecule has 1 saturated heterocycles. The summed E-state index contributed by atoms with van der Waals surface area (Å²) in [6, 6.07) is 0.682. The van der Waals surface area contributed by atoms with Gasteiger partial charge in [0.2, 0.25) is 0 Å². The number of piperidine rings is 1. The Bertz CT molecular complexity index is 255. The van der Waals surface area contributed by atoms with E-state index in [0.717, 1.165) is 11.8 Å². The third kappa shape index (κ3) is 4.44. The highest BCUT2D eigenvalue weighted by atomic mass is 16.5. The molecule has 1 heterocycles. The Morgan fingerprint density at radius 3 is 2.21 bits per heavy atom. The maximum atomic E-state index is 5.40. The molecule has 0 amide bonds. The van der Waals surface area contributed by atoms with Gasteiger partial charge in [-0.15, -0.1) is 0 Å². The normalized spacial score (nSPS) is 30.0. The van der Waals surface area contributed by atoms with Crippen LogP contribution in [0.3, 0.4) is 0 Å². The van der Waals surface area contributed by atoms with Crippen molar-refractivity contribution in [3.05, 3.63) is 0 Å². The molecule has 0 spiro atoms. The second kappa shape index (κ2) is 7.05. The van der Waals surface area contributed by atoms with Crippen LogP contribution in [0.5, 0.6) is 0 Å². The van der Waals surface area contributed by atoms with Gasteiger partial charge in [0.25, 0.3) is 0 Å². The van der Waals surface area contributed by atoms with Crippen molar-refractivity contribution in [2.45, 2.75) is 51.7 Å². The van der Waals surface area contributed by atoms with Gasteiger partial charge in [-0.25, -0.2) is 0 Å². The molecule has 0 bridgehead atoms. The maximum Gasteiger partial charge on any atom is 0.0577 e. The van der Waals surface area contributed by atoms with E-state index in [1.807, 2.05) is 7.11 Å². The van der Waals surface area contributed by atoms with Crippen LogP contribution < -0.4 is 0 Å². The molecular weight excluding hydrogens is 236 g/mol. The Balaban J connectivity index is 1.73. The Labute approximate surface area is 119 Å². The van der Waals surface area contributed by atoms with E-state index >= 15 is 0 Å². The summed E-state index contributed by atoms with van der Waals surface area (Å²) in [6.07, 6.45) is 5.85. The Hall–Kier alpha value is -0.120. The smallest absolute Gasteiger partial charge is 0.0577 e. The van der Waals surface area contributed by atoms with E-state index in [1.165, 1.54) is 51.9 Å². The van der Waals surface area contributed by atoms with Crippen molar-refractivity contribution in [3.8, 4) is 0 Å². The molecule has 2 aliphatic rings. The molecule has 0 radical (unpaired) electrons. The van der Waals surface area contributed by atoms with Gasteiger partial charge >= 0.3 is 0 Å². The predicted molar refractivity (Wildman–Crippen MR) is 80.5 cm³/mol. The molecule has 0 aromatic rings. The van der Waals surface area contributed by atoms with Crippen molar-refractivity contribution in [1.82, 2.24) is 9.80 Å². The van der Waals surface area contributed by atoms with Gasteiger partial charge in [-0.1, -0.05) is 0 Å². The Morgan fingerprint density at radius 1 is 1.11 bits per heavy atom. The molecule has 2 rings (SSSR count). The second-order valence-electron chi connectivity index (χ2n) is 6.99. The van der Waals surface area contributed by atoms with Gasteiger partial charge in [0, 0.05) is 26.2 Å². The molecule has 0 atom stereocenters. The van der Waals surface area contributed by atoms with E-state index in [0.29, 0.717) is 12.1 Å². The van der Waals surface area contributed by atoms with Crippen molar-refractivity contribution >= 4 is 0 Å². The monoisotopic (exact) mass is 268 g/mol. The first-order valence-electron chi connectivity index (χ1n) is 8.03. The zero-order valence-corrected chi connectivity index (χ0v) is 13.3. The van der Waals surface area contributed by atoms with E-state index < -0.39 is 0 Å².